The summed E-state index contributed by atoms with van der Waals surface area (Å²) in [6, 6.07) is 7.59. The molecule has 1 N–H and O–H groups in total. The molecule has 0 radical (unpaired) electrons. The molecule has 0 atom stereocenters. The first-order valence-electron chi connectivity index (χ1n) is 10.2. The van der Waals surface area contributed by atoms with E-state index in [2.05, 4.69) is 12.2 Å². The monoisotopic (exact) mass is 347 g/mol. The summed E-state index contributed by atoms with van der Waals surface area (Å²) in [5.41, 5.74) is 0.791. The van der Waals surface area contributed by atoms with Crippen molar-refractivity contribution in [3.63, 3.8) is 0 Å². The fourth-order valence-electron chi connectivity index (χ4n) is 3.00. The lowest BCUT2D eigenvalue weighted by Crippen LogP contribution is -2.06. The SMILES string of the molecule is CCCCCCCCCCCCCCOc1cccc(NC(C)=O)c1. The van der Waals surface area contributed by atoms with Crippen LogP contribution in [-0.4, -0.2) is 12.5 Å². The van der Waals surface area contributed by atoms with Crippen LogP contribution in [0.2, 0.25) is 0 Å². The highest BCUT2D eigenvalue weighted by molar-refractivity contribution is 5.88. The van der Waals surface area contributed by atoms with Gasteiger partial charge in [-0.3, -0.25) is 4.79 Å². The first kappa shape index (κ1) is 21.5. The van der Waals surface area contributed by atoms with Gasteiger partial charge in [0.15, 0.2) is 0 Å². The second kappa shape index (κ2) is 14.8. The lowest BCUT2D eigenvalue weighted by molar-refractivity contribution is -0.114. The van der Waals surface area contributed by atoms with Gasteiger partial charge in [-0.2, -0.15) is 0 Å². The molecule has 0 unspecified atom stereocenters. The molecule has 0 saturated heterocycles. The number of carbonyl (C=O) groups is 1. The summed E-state index contributed by atoms with van der Waals surface area (Å²) in [7, 11) is 0. The van der Waals surface area contributed by atoms with E-state index in [9.17, 15) is 4.79 Å². The van der Waals surface area contributed by atoms with Crippen LogP contribution in [0.15, 0.2) is 24.3 Å². The summed E-state index contributed by atoms with van der Waals surface area (Å²) in [4.78, 5) is 11.1. The Kier molecular flexibility index (Phi) is 12.7. The van der Waals surface area contributed by atoms with E-state index < -0.39 is 0 Å². The molecule has 0 fully saturated rings. The first-order chi connectivity index (χ1) is 12.2. The van der Waals surface area contributed by atoms with Gasteiger partial charge in [0, 0.05) is 18.7 Å². The van der Waals surface area contributed by atoms with Crippen molar-refractivity contribution in [3.8, 4) is 5.75 Å². The summed E-state index contributed by atoms with van der Waals surface area (Å²) in [5, 5.41) is 2.78. The van der Waals surface area contributed by atoms with E-state index in [1.807, 2.05) is 24.3 Å². The molecule has 0 saturated carbocycles. The minimum atomic E-state index is -0.0573. The summed E-state index contributed by atoms with van der Waals surface area (Å²) in [6.07, 6.45) is 16.2. The van der Waals surface area contributed by atoms with Crippen molar-refractivity contribution in [1.82, 2.24) is 0 Å². The zero-order valence-corrected chi connectivity index (χ0v) is 16.3. The molecular weight excluding hydrogens is 310 g/mol. The van der Waals surface area contributed by atoms with E-state index in [0.29, 0.717) is 0 Å². The average Bonchev–Trinajstić information content (AvgIpc) is 2.59. The maximum absolute atomic E-state index is 11.1. The van der Waals surface area contributed by atoms with E-state index in [-0.39, 0.29) is 5.91 Å². The number of carbonyl (C=O) groups excluding carboxylic acids is 1. The smallest absolute Gasteiger partial charge is 0.221 e. The van der Waals surface area contributed by atoms with Gasteiger partial charge in [0.25, 0.3) is 0 Å². The van der Waals surface area contributed by atoms with Gasteiger partial charge < -0.3 is 10.1 Å². The van der Waals surface area contributed by atoms with Crippen LogP contribution in [-0.2, 0) is 4.79 Å². The third-order valence-electron chi connectivity index (χ3n) is 4.42. The van der Waals surface area contributed by atoms with Gasteiger partial charge in [0.05, 0.1) is 6.61 Å². The van der Waals surface area contributed by atoms with E-state index >= 15 is 0 Å². The minimum absolute atomic E-state index is 0.0573. The Morgan fingerprint density at radius 2 is 1.44 bits per heavy atom. The summed E-state index contributed by atoms with van der Waals surface area (Å²) in [6.45, 7) is 4.54. The van der Waals surface area contributed by atoms with Crippen LogP contribution >= 0.6 is 0 Å². The second-order valence-electron chi connectivity index (χ2n) is 6.95. The van der Waals surface area contributed by atoms with E-state index in [4.69, 9.17) is 4.74 Å². The normalized spacial score (nSPS) is 10.6. The molecule has 0 aliphatic heterocycles. The fourth-order valence-corrected chi connectivity index (χ4v) is 3.00. The Morgan fingerprint density at radius 1 is 0.880 bits per heavy atom. The third-order valence-corrected chi connectivity index (χ3v) is 4.42. The van der Waals surface area contributed by atoms with Gasteiger partial charge in [-0.1, -0.05) is 83.6 Å². The molecule has 0 heterocycles. The highest BCUT2D eigenvalue weighted by Gasteiger charge is 1.99. The largest absolute Gasteiger partial charge is 0.494 e. The van der Waals surface area contributed by atoms with Crippen molar-refractivity contribution in [2.45, 2.75) is 90.9 Å². The molecule has 0 bridgehead atoms. The van der Waals surface area contributed by atoms with Crippen LogP contribution in [0.25, 0.3) is 0 Å². The van der Waals surface area contributed by atoms with Crippen LogP contribution in [0.3, 0.4) is 0 Å². The topological polar surface area (TPSA) is 38.3 Å². The molecule has 0 aliphatic rings. The van der Waals surface area contributed by atoms with Gasteiger partial charge in [0.2, 0.25) is 5.91 Å². The maximum atomic E-state index is 11.1. The van der Waals surface area contributed by atoms with Crippen LogP contribution in [0.4, 0.5) is 5.69 Å². The molecule has 25 heavy (non-hydrogen) atoms. The predicted molar refractivity (Wildman–Crippen MR) is 107 cm³/mol. The van der Waals surface area contributed by atoms with Crippen LogP contribution in [0, 0.1) is 0 Å². The number of hydrogen-bond acceptors (Lipinski definition) is 2. The average molecular weight is 348 g/mol. The zero-order chi connectivity index (χ0) is 18.2. The minimum Gasteiger partial charge on any atom is -0.494 e. The van der Waals surface area contributed by atoms with Crippen LogP contribution in [0.5, 0.6) is 5.75 Å². The second-order valence-corrected chi connectivity index (χ2v) is 6.95. The summed E-state index contributed by atoms with van der Waals surface area (Å²) < 4.78 is 5.77. The molecule has 1 amide bonds. The number of rotatable bonds is 15. The molecule has 0 spiro atoms. The van der Waals surface area contributed by atoms with E-state index in [1.165, 1.54) is 77.6 Å². The molecule has 3 nitrogen and oxygen atoms in total. The first-order valence-corrected chi connectivity index (χ1v) is 10.2. The lowest BCUT2D eigenvalue weighted by atomic mass is 10.1. The summed E-state index contributed by atoms with van der Waals surface area (Å²) in [5.74, 6) is 0.771. The van der Waals surface area contributed by atoms with Crippen molar-refractivity contribution in [1.29, 1.82) is 0 Å². The fraction of sp³-hybridized carbons (Fsp3) is 0.682. The van der Waals surface area contributed by atoms with E-state index in [1.54, 1.807) is 0 Å². The van der Waals surface area contributed by atoms with Gasteiger partial charge in [-0.05, 0) is 18.6 Å². The summed E-state index contributed by atoms with van der Waals surface area (Å²) >= 11 is 0. The Labute approximate surface area is 154 Å². The number of hydrogen-bond donors (Lipinski definition) is 1. The Balaban J connectivity index is 1.93. The quantitative estimate of drug-likeness (QED) is 0.357. The standard InChI is InChI=1S/C22H37NO2/c1-3-4-5-6-7-8-9-10-11-12-13-14-18-25-22-17-15-16-21(19-22)23-20(2)24/h15-17,19H,3-14,18H2,1-2H3,(H,23,24). The Hall–Kier alpha value is -1.51. The number of unbranched alkanes of at least 4 members (excludes halogenated alkanes) is 11. The van der Waals surface area contributed by atoms with Crippen LogP contribution < -0.4 is 10.1 Å². The van der Waals surface area contributed by atoms with Crippen molar-refractivity contribution in [3.05, 3.63) is 24.3 Å². The molecule has 142 valence electrons. The van der Waals surface area contributed by atoms with Crippen molar-refractivity contribution < 1.29 is 9.53 Å². The zero-order valence-electron chi connectivity index (χ0n) is 16.3. The van der Waals surface area contributed by atoms with Crippen LogP contribution in [0.1, 0.15) is 90.9 Å². The van der Waals surface area contributed by atoms with Gasteiger partial charge in [0.1, 0.15) is 5.75 Å². The maximum Gasteiger partial charge on any atom is 0.221 e. The molecule has 3 heteroatoms. The van der Waals surface area contributed by atoms with Gasteiger partial charge in [-0.25, -0.2) is 0 Å². The number of nitrogens with one attached hydrogen (secondary N) is 1. The highest BCUT2D eigenvalue weighted by Crippen LogP contribution is 2.18. The number of ether oxygens (including phenoxy) is 1. The molecular formula is C22H37NO2. The number of benzene rings is 1. The lowest BCUT2D eigenvalue weighted by Gasteiger charge is -2.08. The highest BCUT2D eigenvalue weighted by atomic mass is 16.5. The van der Waals surface area contributed by atoms with E-state index in [0.717, 1.165) is 24.5 Å². The van der Waals surface area contributed by atoms with Crippen molar-refractivity contribution in [2.24, 2.45) is 0 Å². The predicted octanol–water partition coefficient (Wildman–Crippen LogP) is 6.72. The Morgan fingerprint density at radius 3 is 2.00 bits per heavy atom. The molecule has 0 aromatic heterocycles. The number of amides is 1. The molecule has 1 aromatic rings. The van der Waals surface area contributed by atoms with Crippen molar-refractivity contribution >= 4 is 11.6 Å². The van der Waals surface area contributed by atoms with Gasteiger partial charge >= 0.3 is 0 Å². The van der Waals surface area contributed by atoms with Crippen molar-refractivity contribution in [2.75, 3.05) is 11.9 Å². The molecule has 0 aliphatic carbocycles. The molecule has 1 aromatic carbocycles. The number of anilines is 1. The third kappa shape index (κ3) is 12.5. The Bertz CT molecular complexity index is 459. The van der Waals surface area contributed by atoms with Gasteiger partial charge in [-0.15, -0.1) is 0 Å². The molecule has 1 rings (SSSR count).